The van der Waals surface area contributed by atoms with E-state index in [1.165, 1.54) is 116 Å². The normalized spacial score (nSPS) is 12.9. The molecule has 0 rings (SSSR count). The highest BCUT2D eigenvalue weighted by atomic mass is 16.6. The van der Waals surface area contributed by atoms with Crippen LogP contribution in [0.4, 0.5) is 0 Å². The van der Waals surface area contributed by atoms with Crippen molar-refractivity contribution in [3.8, 4) is 0 Å². The predicted octanol–water partition coefficient (Wildman–Crippen LogP) is 21.2. The molecule has 0 N–H and O–H groups in total. The average Bonchev–Trinajstić information content (AvgIpc) is 3.41. The molecule has 1 atom stereocenters. The SMILES string of the molecule is CC/C=C\C/C=C\C/C=C\C/C=C\C/C=C\C/C=C\C/C=C\C/C=C\C/C=C\CCCC(=O)OCC(COC(=O)CCCCCCC)OC(=O)CCCCCCCCCCCCC/C=C\CCCCCCCCCC. The smallest absolute Gasteiger partial charge is 0.306 e. The zero-order chi connectivity index (χ0) is 54.3. The van der Waals surface area contributed by atoms with E-state index in [0.29, 0.717) is 19.3 Å². The highest BCUT2D eigenvalue weighted by molar-refractivity contribution is 5.71. The van der Waals surface area contributed by atoms with Gasteiger partial charge in [-0.05, 0) is 109 Å². The average molecular weight is 1040 g/mol. The quantitative estimate of drug-likeness (QED) is 0.0261. The van der Waals surface area contributed by atoms with Crippen molar-refractivity contribution in [2.24, 2.45) is 0 Å². The van der Waals surface area contributed by atoms with Gasteiger partial charge in [-0.3, -0.25) is 14.4 Å². The lowest BCUT2D eigenvalue weighted by Crippen LogP contribution is -2.30. The summed E-state index contributed by atoms with van der Waals surface area (Å²) in [4.78, 5) is 37.9. The molecule has 0 heterocycles. The van der Waals surface area contributed by atoms with E-state index in [1.54, 1.807) is 0 Å². The molecule has 0 saturated heterocycles. The molecule has 0 amide bonds. The first-order valence-electron chi connectivity index (χ1n) is 31.0. The van der Waals surface area contributed by atoms with Crippen LogP contribution in [0.25, 0.3) is 0 Å². The summed E-state index contributed by atoms with van der Waals surface area (Å²) >= 11 is 0. The van der Waals surface area contributed by atoms with E-state index in [2.05, 4.69) is 142 Å². The number of ether oxygens (including phenoxy) is 3. The summed E-state index contributed by atoms with van der Waals surface area (Å²) in [6.45, 7) is 6.40. The van der Waals surface area contributed by atoms with Gasteiger partial charge in [-0.1, -0.05) is 271 Å². The van der Waals surface area contributed by atoms with Crippen LogP contribution in [-0.2, 0) is 28.6 Å². The van der Waals surface area contributed by atoms with Crippen LogP contribution in [0.15, 0.2) is 122 Å². The Labute approximate surface area is 462 Å². The van der Waals surface area contributed by atoms with Crippen molar-refractivity contribution >= 4 is 17.9 Å². The first kappa shape index (κ1) is 70.8. The Morgan fingerprint density at radius 3 is 0.880 bits per heavy atom. The Hall–Kier alpha value is -4.19. The summed E-state index contributed by atoms with van der Waals surface area (Å²) < 4.78 is 16.7. The van der Waals surface area contributed by atoms with E-state index in [1.807, 2.05) is 0 Å². The molecule has 6 nitrogen and oxygen atoms in total. The fraction of sp³-hybridized carbons (Fsp3) is 0.667. The minimum absolute atomic E-state index is 0.0984. The molecule has 0 saturated carbocycles. The summed E-state index contributed by atoms with van der Waals surface area (Å²) in [5.41, 5.74) is 0. The molecule has 6 heteroatoms. The molecule has 1 unspecified atom stereocenters. The van der Waals surface area contributed by atoms with E-state index in [4.69, 9.17) is 14.2 Å². The fourth-order valence-electron chi connectivity index (χ4n) is 8.32. The third-order valence-corrected chi connectivity index (χ3v) is 13.0. The molecule has 0 fully saturated rings. The third kappa shape index (κ3) is 60.6. The van der Waals surface area contributed by atoms with E-state index in [0.717, 1.165) is 116 Å². The van der Waals surface area contributed by atoms with Crippen molar-refractivity contribution in [1.82, 2.24) is 0 Å². The Morgan fingerprint density at radius 1 is 0.280 bits per heavy atom. The van der Waals surface area contributed by atoms with E-state index < -0.39 is 6.10 Å². The molecule has 0 aliphatic carbocycles. The molecule has 426 valence electrons. The maximum Gasteiger partial charge on any atom is 0.306 e. The van der Waals surface area contributed by atoms with Crippen LogP contribution in [0.2, 0.25) is 0 Å². The highest BCUT2D eigenvalue weighted by Crippen LogP contribution is 2.15. The molecular weight excluding hydrogens is 925 g/mol. The second-order valence-corrected chi connectivity index (χ2v) is 20.2. The van der Waals surface area contributed by atoms with Crippen molar-refractivity contribution < 1.29 is 28.6 Å². The Kier molecular flexibility index (Phi) is 58.9. The van der Waals surface area contributed by atoms with E-state index >= 15 is 0 Å². The van der Waals surface area contributed by atoms with Crippen molar-refractivity contribution in [3.05, 3.63) is 122 Å². The van der Waals surface area contributed by atoms with Crippen LogP contribution in [-0.4, -0.2) is 37.2 Å². The van der Waals surface area contributed by atoms with Gasteiger partial charge in [-0.25, -0.2) is 0 Å². The van der Waals surface area contributed by atoms with Crippen molar-refractivity contribution in [2.45, 2.75) is 284 Å². The number of carbonyl (C=O) groups is 3. The molecular formula is C69H114O6. The van der Waals surface area contributed by atoms with Crippen LogP contribution in [0.1, 0.15) is 278 Å². The maximum absolute atomic E-state index is 12.8. The summed E-state index contributed by atoms with van der Waals surface area (Å²) in [5, 5.41) is 0. The lowest BCUT2D eigenvalue weighted by atomic mass is 10.0. The molecule has 75 heavy (non-hydrogen) atoms. The molecule has 0 radical (unpaired) electrons. The number of carbonyl (C=O) groups excluding carboxylic acids is 3. The van der Waals surface area contributed by atoms with Gasteiger partial charge in [-0.2, -0.15) is 0 Å². The standard InChI is InChI=1S/C69H114O6/c1-4-7-10-13-15-17-19-21-23-25-27-29-31-32-33-34-35-36-38-39-41-43-45-47-49-51-53-56-59-62-68(71)74-65-66(64-73-67(70)61-58-55-12-9-6-3)75-69(72)63-60-57-54-52-50-48-46-44-42-40-37-30-28-26-24-22-20-18-16-14-11-8-5-2/h7,10,15,17,21,23,26-29,32-33,35-36,39,41,45,47,51,53,66H,4-6,8-9,11-14,16,18-20,22,24-25,30-31,34,37-38,40,42-44,46,48-50,52,54-65H2,1-3H3/b10-7-,17-15-,23-21-,28-26-,29-27-,33-32-,36-35-,41-39-,47-45-,53-51-. The summed E-state index contributed by atoms with van der Waals surface area (Å²) in [7, 11) is 0. The number of hydrogen-bond donors (Lipinski definition) is 0. The lowest BCUT2D eigenvalue weighted by molar-refractivity contribution is -0.167. The fourth-order valence-corrected chi connectivity index (χ4v) is 8.32. The summed E-state index contributed by atoms with van der Waals surface area (Å²) in [6, 6.07) is 0. The van der Waals surface area contributed by atoms with E-state index in [-0.39, 0.29) is 37.5 Å². The molecule has 0 bridgehead atoms. The van der Waals surface area contributed by atoms with Gasteiger partial charge < -0.3 is 14.2 Å². The number of unbranched alkanes of at least 4 members (excludes halogenated alkanes) is 24. The van der Waals surface area contributed by atoms with Gasteiger partial charge in [-0.15, -0.1) is 0 Å². The molecule has 0 aliphatic rings. The van der Waals surface area contributed by atoms with Gasteiger partial charge in [0, 0.05) is 19.3 Å². The van der Waals surface area contributed by atoms with Crippen LogP contribution in [0, 0.1) is 0 Å². The predicted molar refractivity (Wildman–Crippen MR) is 325 cm³/mol. The van der Waals surface area contributed by atoms with Crippen molar-refractivity contribution in [1.29, 1.82) is 0 Å². The Morgan fingerprint density at radius 2 is 0.533 bits per heavy atom. The van der Waals surface area contributed by atoms with Gasteiger partial charge in [0.15, 0.2) is 6.10 Å². The maximum atomic E-state index is 12.8. The molecule has 0 aromatic heterocycles. The van der Waals surface area contributed by atoms with Gasteiger partial charge in [0.05, 0.1) is 0 Å². The summed E-state index contributed by atoms with van der Waals surface area (Å²) in [5.74, 6) is -0.975. The molecule has 0 aromatic rings. The number of hydrogen-bond acceptors (Lipinski definition) is 6. The van der Waals surface area contributed by atoms with Crippen LogP contribution >= 0.6 is 0 Å². The first-order valence-corrected chi connectivity index (χ1v) is 31.0. The van der Waals surface area contributed by atoms with E-state index in [9.17, 15) is 14.4 Å². The number of rotatable bonds is 55. The number of esters is 3. The second-order valence-electron chi connectivity index (χ2n) is 20.2. The zero-order valence-corrected chi connectivity index (χ0v) is 48.8. The van der Waals surface area contributed by atoms with Gasteiger partial charge in [0.25, 0.3) is 0 Å². The van der Waals surface area contributed by atoms with Gasteiger partial charge >= 0.3 is 17.9 Å². The topological polar surface area (TPSA) is 78.9 Å². The zero-order valence-electron chi connectivity index (χ0n) is 48.8. The van der Waals surface area contributed by atoms with Crippen LogP contribution in [0.3, 0.4) is 0 Å². The summed E-state index contributed by atoms with van der Waals surface area (Å²) in [6.07, 6.45) is 86.9. The Balaban J connectivity index is 4.19. The lowest BCUT2D eigenvalue weighted by Gasteiger charge is -2.18. The second kappa shape index (κ2) is 62.4. The highest BCUT2D eigenvalue weighted by Gasteiger charge is 2.19. The Bertz CT molecular complexity index is 1570. The largest absolute Gasteiger partial charge is 0.462 e. The van der Waals surface area contributed by atoms with Crippen LogP contribution in [0.5, 0.6) is 0 Å². The van der Waals surface area contributed by atoms with Crippen molar-refractivity contribution in [3.63, 3.8) is 0 Å². The van der Waals surface area contributed by atoms with Crippen molar-refractivity contribution in [2.75, 3.05) is 13.2 Å². The monoisotopic (exact) mass is 1040 g/mol. The van der Waals surface area contributed by atoms with Crippen LogP contribution < -0.4 is 0 Å². The van der Waals surface area contributed by atoms with Gasteiger partial charge in [0.2, 0.25) is 0 Å². The molecule has 0 aromatic carbocycles. The minimum atomic E-state index is -0.801. The minimum Gasteiger partial charge on any atom is -0.462 e. The van der Waals surface area contributed by atoms with Gasteiger partial charge in [0.1, 0.15) is 13.2 Å². The molecule has 0 aliphatic heterocycles. The first-order chi connectivity index (χ1) is 37.0. The molecule has 0 spiro atoms. The third-order valence-electron chi connectivity index (χ3n) is 13.0. The number of allylic oxidation sites excluding steroid dienone is 20.